The highest BCUT2D eigenvalue weighted by molar-refractivity contribution is 4.94. The molecule has 9 unspecified atom stereocenters. The second kappa shape index (κ2) is 31.0. The van der Waals surface area contributed by atoms with E-state index in [2.05, 4.69) is 108 Å². The van der Waals surface area contributed by atoms with Crippen molar-refractivity contribution in [1.82, 2.24) is 44.1 Å². The number of hydrogen-bond acceptors (Lipinski definition) is 18. The first-order valence-corrected chi connectivity index (χ1v) is 33.1. The summed E-state index contributed by atoms with van der Waals surface area (Å²) in [7, 11) is 19.6. The van der Waals surface area contributed by atoms with Gasteiger partial charge in [-0.15, -0.1) is 0 Å². The van der Waals surface area contributed by atoms with Gasteiger partial charge in [-0.05, 0) is 179 Å². The molecule has 0 aliphatic carbocycles. The van der Waals surface area contributed by atoms with E-state index in [9.17, 15) is 0 Å². The number of likely N-dealkylation sites (N-methyl/N-ethyl adjacent to an activating group) is 6. The normalized spacial score (nSPS) is 43.7. The zero-order valence-corrected chi connectivity index (χ0v) is 52.5. The fourth-order valence-electron chi connectivity index (χ4n) is 17.1. The van der Waals surface area contributed by atoms with Crippen molar-refractivity contribution in [2.75, 3.05) is 202 Å². The van der Waals surface area contributed by atoms with E-state index >= 15 is 0 Å². The van der Waals surface area contributed by atoms with Crippen LogP contribution in [0.15, 0.2) is 0 Å². The van der Waals surface area contributed by atoms with Gasteiger partial charge in [0.25, 0.3) is 0 Å². The van der Waals surface area contributed by atoms with Crippen molar-refractivity contribution in [3.05, 3.63) is 0 Å². The molecule has 0 bridgehead atoms. The van der Waals surface area contributed by atoms with Crippen molar-refractivity contribution in [1.29, 1.82) is 0 Å². The van der Waals surface area contributed by atoms with Crippen LogP contribution in [0.3, 0.4) is 0 Å². The largest absolute Gasteiger partial charge is 0.379 e. The molecule has 0 amide bonds. The molecule has 0 N–H and O–H groups in total. The van der Waals surface area contributed by atoms with Gasteiger partial charge in [0.15, 0.2) is 0 Å². The van der Waals surface area contributed by atoms with Gasteiger partial charge in [0.2, 0.25) is 0 Å². The summed E-state index contributed by atoms with van der Waals surface area (Å²) in [4.78, 5) is 21.4. The van der Waals surface area contributed by atoms with Crippen LogP contribution in [0.2, 0.25) is 0 Å². The molecule has 18 heteroatoms. The second-order valence-electron chi connectivity index (χ2n) is 27.7. The third-order valence-corrected chi connectivity index (χ3v) is 22.7. The van der Waals surface area contributed by atoms with Crippen LogP contribution in [-0.2, 0) is 42.6 Å². The first kappa shape index (κ1) is 63.3. The van der Waals surface area contributed by atoms with Crippen LogP contribution < -0.4 is 0 Å². The van der Waals surface area contributed by atoms with E-state index in [4.69, 9.17) is 42.6 Å². The molecule has 18 aliphatic rings. The van der Waals surface area contributed by atoms with E-state index in [0.717, 1.165) is 151 Å². The Kier molecular flexibility index (Phi) is 24.2. The van der Waals surface area contributed by atoms with Crippen molar-refractivity contribution in [3.63, 3.8) is 0 Å². The average Bonchev–Trinajstić information content (AvgIpc) is 4.28. The zero-order valence-electron chi connectivity index (χ0n) is 52.5. The van der Waals surface area contributed by atoms with Gasteiger partial charge in [0, 0.05) is 151 Å². The summed E-state index contributed by atoms with van der Waals surface area (Å²) in [5.41, 5.74) is 0. The summed E-state index contributed by atoms with van der Waals surface area (Å²) in [6.45, 7) is 23.1. The molecule has 18 atom stereocenters. The highest BCUT2D eigenvalue weighted by atomic mass is 16.5. The molecule has 0 aromatic rings. The van der Waals surface area contributed by atoms with Gasteiger partial charge >= 0.3 is 0 Å². The molecule has 0 saturated carbocycles. The van der Waals surface area contributed by atoms with Crippen molar-refractivity contribution in [3.8, 4) is 0 Å². The number of rotatable bonds is 0. The molecule has 18 fully saturated rings. The van der Waals surface area contributed by atoms with Crippen LogP contribution in [0.1, 0.15) is 96.3 Å². The van der Waals surface area contributed by atoms with Crippen molar-refractivity contribution < 1.29 is 42.6 Å². The highest BCUT2D eigenvalue weighted by Crippen LogP contribution is 2.35. The third-order valence-electron chi connectivity index (χ3n) is 22.7. The molecule has 18 aliphatic heterocycles. The maximum Gasteiger partial charge on any atom is 0.113 e. The molecule has 0 aromatic carbocycles. The van der Waals surface area contributed by atoms with Crippen LogP contribution in [0.4, 0.5) is 0 Å². The Labute approximate surface area is 491 Å². The molecule has 18 rings (SSSR count). The number of likely N-dealkylation sites (tertiary alicyclic amines) is 9. The smallest absolute Gasteiger partial charge is 0.113 e. The molecule has 18 saturated heterocycles. The van der Waals surface area contributed by atoms with E-state index in [1.165, 1.54) is 155 Å². The molecule has 0 radical (unpaired) electrons. The van der Waals surface area contributed by atoms with Gasteiger partial charge in [-0.25, -0.2) is 0 Å². The van der Waals surface area contributed by atoms with Gasteiger partial charge < -0.3 is 72.0 Å². The monoisotopic (exact) mass is 1140 g/mol. The van der Waals surface area contributed by atoms with E-state index < -0.39 is 0 Å². The predicted molar refractivity (Wildman–Crippen MR) is 317 cm³/mol. The van der Waals surface area contributed by atoms with Crippen LogP contribution in [0.25, 0.3) is 0 Å². The lowest BCUT2D eigenvalue weighted by atomic mass is 10.1. The van der Waals surface area contributed by atoms with E-state index in [1.807, 2.05) is 0 Å². The topological polar surface area (TPSA) is 112 Å². The lowest BCUT2D eigenvalue weighted by molar-refractivity contribution is 0.00703. The number of hydrogen-bond donors (Lipinski definition) is 0. The second-order valence-corrected chi connectivity index (χ2v) is 27.7. The molecule has 81 heavy (non-hydrogen) atoms. The van der Waals surface area contributed by atoms with E-state index in [1.54, 1.807) is 0 Å². The van der Waals surface area contributed by atoms with Crippen molar-refractivity contribution in [2.24, 2.45) is 35.5 Å². The fraction of sp³-hybridized carbons (Fsp3) is 1.00. The third kappa shape index (κ3) is 16.3. The predicted octanol–water partition coefficient (Wildman–Crippen LogP) is 4.50. The summed E-state index contributed by atoms with van der Waals surface area (Å²) in [6.07, 6.45) is 22.6. The zero-order chi connectivity index (χ0) is 56.4. The van der Waals surface area contributed by atoms with Gasteiger partial charge in [0.05, 0.1) is 58.0 Å². The maximum absolute atomic E-state index is 5.52. The summed E-state index contributed by atoms with van der Waals surface area (Å²) >= 11 is 0. The summed E-state index contributed by atoms with van der Waals surface area (Å²) in [5, 5.41) is 0. The van der Waals surface area contributed by atoms with Crippen molar-refractivity contribution in [2.45, 2.75) is 170 Å². The Morgan fingerprint density at radius 1 is 0.210 bits per heavy atom. The first-order valence-electron chi connectivity index (χ1n) is 33.1. The first-order chi connectivity index (χ1) is 39.4. The summed E-state index contributed by atoms with van der Waals surface area (Å²) < 4.78 is 49.1. The Morgan fingerprint density at radius 3 is 0.704 bits per heavy atom. The minimum absolute atomic E-state index is 0.477. The Bertz CT molecular complexity index is 1440. The van der Waals surface area contributed by atoms with Gasteiger partial charge in [-0.2, -0.15) is 0 Å². The van der Waals surface area contributed by atoms with Crippen LogP contribution in [0, 0.1) is 35.5 Å². The van der Waals surface area contributed by atoms with Crippen LogP contribution in [0.5, 0.6) is 0 Å². The Hall–Kier alpha value is -0.720. The van der Waals surface area contributed by atoms with E-state index in [-0.39, 0.29) is 0 Å². The van der Waals surface area contributed by atoms with Crippen LogP contribution in [-0.4, -0.2) is 319 Å². The molecular formula is C63H117N9O9. The quantitative estimate of drug-likeness (QED) is 0.339. The van der Waals surface area contributed by atoms with Gasteiger partial charge in [0.1, 0.15) is 18.7 Å². The fourth-order valence-corrected chi connectivity index (χ4v) is 17.1. The molecule has 0 aromatic heterocycles. The van der Waals surface area contributed by atoms with E-state index in [0.29, 0.717) is 37.0 Å². The summed E-state index contributed by atoms with van der Waals surface area (Å²) in [5.74, 6) is 5.14. The Balaban J connectivity index is 0.000000102. The van der Waals surface area contributed by atoms with Crippen LogP contribution >= 0.6 is 0 Å². The molecule has 468 valence electrons. The minimum Gasteiger partial charge on any atom is -0.379 e. The van der Waals surface area contributed by atoms with Crippen molar-refractivity contribution >= 4 is 0 Å². The highest BCUT2D eigenvalue weighted by Gasteiger charge is 2.42. The van der Waals surface area contributed by atoms with Gasteiger partial charge in [-0.1, -0.05) is 0 Å². The number of fused-ring (bicyclic) bond motifs is 9. The molecule has 18 nitrogen and oxygen atoms in total. The molecule has 0 spiro atoms. The standard InChI is InChI=1S/9C7H13NO/c3*1-8-4-2-7-6(8)3-5-9-7;3*1-8-4-2-6-3-5-9-7(6)8;3*1-8-3-2-6-4-9-5-7(6)8/h9*6-7H,2-5H2,1H3/t6-,7?;6-,7-;;6?,7-;6-,7+;;6?,7-;6-,7+;/m01.00.00./s1. The number of ether oxygens (including phenoxy) is 9. The Morgan fingerprint density at radius 2 is 0.444 bits per heavy atom. The SMILES string of the molecule is CN1CCC2CCOC21.CN1CCC2CCO[C@@H]21.CN1CCC2COCC21.CN1CCC2COC[C@@H]21.CN1CCC2OCCC21.CN1CCC2OCC[C@@H]21.CN1CC[C@H]2CCO[C@H]21.CN1CC[C@H]2COC[C@H]21.CN1CC[C@H]2OCC[C@H]21. The average molecular weight is 1140 g/mol. The number of nitrogens with zero attached hydrogens (tertiary/aromatic N) is 9. The summed E-state index contributed by atoms with van der Waals surface area (Å²) in [6, 6.07) is 4.53. The lowest BCUT2D eigenvalue weighted by Crippen LogP contribution is -2.28. The lowest BCUT2D eigenvalue weighted by Gasteiger charge is -2.16. The molecular weight excluding hydrogens is 1030 g/mol. The molecule has 18 heterocycles. The maximum atomic E-state index is 5.52. The van der Waals surface area contributed by atoms with Gasteiger partial charge in [-0.3, -0.25) is 14.7 Å². The minimum atomic E-state index is 0.477.